The summed E-state index contributed by atoms with van der Waals surface area (Å²) >= 11 is 0. The van der Waals surface area contributed by atoms with Gasteiger partial charge in [0.05, 0.1) is 16.6 Å². The van der Waals surface area contributed by atoms with Crippen molar-refractivity contribution in [3.63, 3.8) is 0 Å². The molecule has 0 saturated carbocycles. The average Bonchev–Trinajstić information content (AvgIpc) is 3.54. The molecule has 54 heavy (non-hydrogen) atoms. The zero-order chi connectivity index (χ0) is 35.6. The van der Waals surface area contributed by atoms with E-state index in [2.05, 4.69) is 170 Å². The van der Waals surface area contributed by atoms with E-state index in [-0.39, 0.29) is 11.8 Å². The molecule has 1 spiro atoms. The van der Waals surface area contributed by atoms with E-state index in [0.29, 0.717) is 0 Å². The largest absolute Gasteiger partial charge is 0.457 e. The van der Waals surface area contributed by atoms with Crippen molar-refractivity contribution in [2.45, 2.75) is 11.3 Å². The lowest BCUT2D eigenvalue weighted by Gasteiger charge is -2.43. The Morgan fingerprint density at radius 1 is 0.463 bits per heavy atom. The molecular weight excluding hydrogens is 657 g/mol. The standard InChI is InChI=1S/C51H34N2O/c1-2-14-35(15-3-1)50-52-46-24-12-8-20-41(46)49(53-50)34-28-26-33(27-29-34)37-16-4-5-17-38(37)36-30-31-48-45(32-36)51(44-23-11-13-25-47(44)54-48)42-21-9-6-18-39(42)40-19-7-10-22-43(40)51/h1-32,39,42H. The van der Waals surface area contributed by atoms with E-state index in [4.69, 9.17) is 14.7 Å². The molecule has 0 saturated heterocycles. The first-order valence-electron chi connectivity index (χ1n) is 18.7. The molecule has 7 aromatic carbocycles. The maximum Gasteiger partial charge on any atom is 0.160 e. The predicted octanol–water partition coefficient (Wildman–Crippen LogP) is 12.6. The summed E-state index contributed by atoms with van der Waals surface area (Å²) in [7, 11) is 0. The minimum absolute atomic E-state index is 0.224. The number of hydrogen-bond acceptors (Lipinski definition) is 3. The van der Waals surface area contributed by atoms with Crippen LogP contribution in [0.4, 0.5) is 0 Å². The Morgan fingerprint density at radius 2 is 1.11 bits per heavy atom. The first-order chi connectivity index (χ1) is 26.8. The fraction of sp³-hybridized carbons (Fsp3) is 0.0588. The number of ether oxygens (including phenoxy) is 1. The smallest absolute Gasteiger partial charge is 0.160 e. The van der Waals surface area contributed by atoms with Crippen molar-refractivity contribution in [3.8, 4) is 56.4 Å². The van der Waals surface area contributed by atoms with Crippen LogP contribution in [-0.2, 0) is 5.41 Å². The summed E-state index contributed by atoms with van der Waals surface area (Å²) in [5, 5.41) is 1.04. The highest BCUT2D eigenvalue weighted by atomic mass is 16.5. The highest BCUT2D eigenvalue weighted by Crippen LogP contribution is 2.64. The van der Waals surface area contributed by atoms with Crippen LogP contribution in [0.1, 0.15) is 28.2 Å². The van der Waals surface area contributed by atoms with Crippen molar-refractivity contribution in [3.05, 3.63) is 216 Å². The molecule has 2 heterocycles. The number of nitrogens with zero attached hydrogens (tertiary/aromatic N) is 2. The van der Waals surface area contributed by atoms with Crippen LogP contribution in [0.3, 0.4) is 0 Å². The zero-order valence-electron chi connectivity index (χ0n) is 29.4. The number of hydrogen-bond donors (Lipinski definition) is 0. The molecule has 3 atom stereocenters. The normalized spacial score (nSPS) is 18.8. The summed E-state index contributed by atoms with van der Waals surface area (Å²) in [6.07, 6.45) is 9.23. The number of fused-ring (bicyclic) bond motifs is 10. The second kappa shape index (κ2) is 12.1. The lowest BCUT2D eigenvalue weighted by Crippen LogP contribution is -2.37. The van der Waals surface area contributed by atoms with Gasteiger partial charge in [-0.1, -0.05) is 170 Å². The fourth-order valence-electron chi connectivity index (χ4n) is 9.34. The topological polar surface area (TPSA) is 35.0 Å². The Morgan fingerprint density at radius 3 is 1.98 bits per heavy atom. The molecular formula is C51H34N2O. The molecule has 3 heteroatoms. The summed E-state index contributed by atoms with van der Waals surface area (Å²) in [6.45, 7) is 0. The van der Waals surface area contributed by atoms with Gasteiger partial charge in [-0.2, -0.15) is 0 Å². The van der Waals surface area contributed by atoms with Gasteiger partial charge >= 0.3 is 0 Å². The van der Waals surface area contributed by atoms with Gasteiger partial charge in [0.25, 0.3) is 0 Å². The number of rotatable bonds is 4. The highest BCUT2D eigenvalue weighted by Gasteiger charge is 2.56. The van der Waals surface area contributed by atoms with E-state index in [1.807, 2.05) is 24.3 Å². The molecule has 254 valence electrons. The van der Waals surface area contributed by atoms with Crippen molar-refractivity contribution in [1.29, 1.82) is 0 Å². The molecule has 1 aliphatic heterocycles. The summed E-state index contributed by atoms with van der Waals surface area (Å²) in [5.74, 6) is 3.09. The van der Waals surface area contributed by atoms with E-state index >= 15 is 0 Å². The van der Waals surface area contributed by atoms with Gasteiger partial charge in [-0.05, 0) is 57.6 Å². The Kier molecular flexibility index (Phi) is 6.90. The van der Waals surface area contributed by atoms with Crippen LogP contribution in [0.2, 0.25) is 0 Å². The SMILES string of the molecule is C1=CC2c3ccccc3C3(c4ccccc4Oc4ccc(-c5ccccc5-c5ccc(-c6nc(-c7ccccc7)nc7ccccc67)cc5)cc43)C2C=C1. The van der Waals surface area contributed by atoms with Gasteiger partial charge in [0.15, 0.2) is 5.82 Å². The molecule has 3 nitrogen and oxygen atoms in total. The molecule has 8 aromatic rings. The van der Waals surface area contributed by atoms with E-state index in [0.717, 1.165) is 50.6 Å². The van der Waals surface area contributed by atoms with Crippen LogP contribution in [0.25, 0.3) is 55.8 Å². The maximum absolute atomic E-state index is 6.73. The van der Waals surface area contributed by atoms with Gasteiger partial charge in [-0.25, -0.2) is 9.97 Å². The van der Waals surface area contributed by atoms with Gasteiger partial charge in [-0.3, -0.25) is 0 Å². The summed E-state index contributed by atoms with van der Waals surface area (Å²) in [5.41, 5.74) is 13.4. The van der Waals surface area contributed by atoms with Crippen molar-refractivity contribution < 1.29 is 4.74 Å². The molecule has 11 rings (SSSR count). The van der Waals surface area contributed by atoms with E-state index in [1.54, 1.807) is 0 Å². The second-order valence-corrected chi connectivity index (χ2v) is 14.4. The van der Waals surface area contributed by atoms with Gasteiger partial charge in [0.1, 0.15) is 11.5 Å². The summed E-state index contributed by atoms with van der Waals surface area (Å²) in [4.78, 5) is 10.0. The first-order valence-corrected chi connectivity index (χ1v) is 18.7. The third-order valence-corrected chi connectivity index (χ3v) is 11.7. The Balaban J connectivity index is 1.04. The van der Waals surface area contributed by atoms with Crippen molar-refractivity contribution in [2.24, 2.45) is 5.92 Å². The molecule has 0 N–H and O–H groups in total. The lowest BCUT2D eigenvalue weighted by atomic mass is 9.61. The molecule has 0 amide bonds. The Hall–Kier alpha value is -6.84. The zero-order valence-corrected chi connectivity index (χ0v) is 29.4. The Bertz CT molecular complexity index is 2820. The molecule has 0 fully saturated rings. The molecule has 1 aromatic heterocycles. The quantitative estimate of drug-likeness (QED) is 0.184. The molecule has 3 unspecified atom stereocenters. The van der Waals surface area contributed by atoms with Gasteiger partial charge < -0.3 is 4.74 Å². The third-order valence-electron chi connectivity index (χ3n) is 11.7. The average molecular weight is 691 g/mol. The molecule has 0 radical (unpaired) electrons. The summed E-state index contributed by atoms with van der Waals surface area (Å²) in [6, 6.07) is 60.5. The van der Waals surface area contributed by atoms with Crippen molar-refractivity contribution >= 4 is 10.9 Å². The lowest BCUT2D eigenvalue weighted by molar-refractivity contribution is 0.374. The number of aromatic nitrogens is 2. The van der Waals surface area contributed by atoms with Crippen LogP contribution in [0.5, 0.6) is 11.5 Å². The van der Waals surface area contributed by atoms with Gasteiger partial charge in [-0.15, -0.1) is 0 Å². The fourth-order valence-corrected chi connectivity index (χ4v) is 9.34. The third kappa shape index (κ3) is 4.55. The second-order valence-electron chi connectivity index (χ2n) is 14.4. The van der Waals surface area contributed by atoms with E-state index in [9.17, 15) is 0 Å². The van der Waals surface area contributed by atoms with Crippen LogP contribution in [0, 0.1) is 5.92 Å². The van der Waals surface area contributed by atoms with Crippen molar-refractivity contribution in [2.75, 3.05) is 0 Å². The van der Waals surface area contributed by atoms with Crippen LogP contribution < -0.4 is 4.74 Å². The number of benzene rings is 7. The maximum atomic E-state index is 6.73. The van der Waals surface area contributed by atoms with Crippen LogP contribution >= 0.6 is 0 Å². The monoisotopic (exact) mass is 690 g/mol. The van der Waals surface area contributed by atoms with Gasteiger partial charge in [0, 0.05) is 39.5 Å². The van der Waals surface area contributed by atoms with Gasteiger partial charge in [0.2, 0.25) is 0 Å². The highest BCUT2D eigenvalue weighted by molar-refractivity contribution is 5.94. The van der Waals surface area contributed by atoms with Crippen LogP contribution in [0.15, 0.2) is 194 Å². The minimum Gasteiger partial charge on any atom is -0.457 e. The molecule has 0 bridgehead atoms. The van der Waals surface area contributed by atoms with E-state index in [1.165, 1.54) is 38.9 Å². The first kappa shape index (κ1) is 30.8. The number of para-hydroxylation sites is 2. The molecule has 2 aliphatic carbocycles. The molecule has 3 aliphatic rings. The van der Waals surface area contributed by atoms with Crippen LogP contribution in [-0.4, -0.2) is 9.97 Å². The predicted molar refractivity (Wildman–Crippen MR) is 219 cm³/mol. The number of allylic oxidation sites excluding steroid dienone is 4. The van der Waals surface area contributed by atoms with E-state index < -0.39 is 5.41 Å². The van der Waals surface area contributed by atoms with Crippen molar-refractivity contribution in [1.82, 2.24) is 9.97 Å². The minimum atomic E-state index is -0.391. The Labute approximate surface area is 314 Å². The summed E-state index contributed by atoms with van der Waals surface area (Å²) < 4.78 is 6.73.